The molecule has 244 valence electrons. The average Bonchev–Trinajstić information content (AvgIpc) is 2.97. The Bertz CT molecular complexity index is 373. The minimum Gasteiger partial charge on any atom is -0.317 e. The number of thioether (sulfide) groups is 4. The van der Waals surface area contributed by atoms with Gasteiger partial charge in [0, 0.05) is 24.6 Å². The van der Waals surface area contributed by atoms with Crippen LogP contribution in [0.2, 0.25) is 0 Å². The molecule has 0 radical (unpaired) electrons. The van der Waals surface area contributed by atoms with Gasteiger partial charge in [-0.15, -0.1) is 0 Å². The van der Waals surface area contributed by atoms with Gasteiger partial charge in [0.15, 0.2) is 0 Å². The lowest BCUT2D eigenvalue weighted by molar-refractivity contribution is 0.541. The van der Waals surface area contributed by atoms with Crippen molar-refractivity contribution in [3.05, 3.63) is 0 Å². The third-order valence-corrected chi connectivity index (χ3v) is 9.40. The largest absolute Gasteiger partial charge is 0.317 e. The van der Waals surface area contributed by atoms with Gasteiger partial charge in [0.1, 0.15) is 0 Å². The summed E-state index contributed by atoms with van der Waals surface area (Å²) in [4.78, 5) is 0. The van der Waals surface area contributed by atoms with Gasteiger partial charge in [-0.05, 0) is 114 Å². The Hall–Kier alpha value is 1.24. The molecule has 0 bridgehead atoms. The molecule has 0 aromatic rings. The minimum absolute atomic E-state index is 1.15. The van der Waals surface area contributed by atoms with E-state index < -0.39 is 0 Å². The van der Waals surface area contributed by atoms with E-state index in [1.807, 2.05) is 47.0 Å². The zero-order valence-electron chi connectivity index (χ0n) is 27.4. The number of hydrogen-bond acceptors (Lipinski definition) is 8. The first-order valence-corrected chi connectivity index (χ1v) is 22.2. The average molecular weight is 641 g/mol. The molecule has 0 rings (SSSR count). The summed E-state index contributed by atoms with van der Waals surface area (Å²) in [6.45, 7) is 9.36. The van der Waals surface area contributed by atoms with Crippen molar-refractivity contribution < 1.29 is 0 Å². The third-order valence-electron chi connectivity index (χ3n) is 6.78. The summed E-state index contributed by atoms with van der Waals surface area (Å²) in [5.41, 5.74) is 0. The summed E-state index contributed by atoms with van der Waals surface area (Å²) < 4.78 is 0. The van der Waals surface area contributed by atoms with E-state index in [1.165, 1.54) is 152 Å². The van der Waals surface area contributed by atoms with E-state index >= 15 is 0 Å². The van der Waals surface area contributed by atoms with Crippen molar-refractivity contribution in [2.75, 3.05) is 100 Å². The molecule has 0 saturated carbocycles. The summed E-state index contributed by atoms with van der Waals surface area (Å²) >= 11 is 7.76. The Balaban J connectivity index is 0. The van der Waals surface area contributed by atoms with Crippen LogP contribution in [0.3, 0.4) is 0 Å². The Morgan fingerprint density at radius 1 is 0.250 bits per heavy atom. The summed E-state index contributed by atoms with van der Waals surface area (Å²) in [5, 5.41) is 14.0. The zero-order valence-corrected chi connectivity index (χ0v) is 30.7. The second-order valence-electron chi connectivity index (χ2n) is 10.6. The van der Waals surface area contributed by atoms with E-state index in [2.05, 4.69) is 46.3 Å². The third kappa shape index (κ3) is 46.2. The minimum atomic E-state index is 1.15. The molecule has 4 nitrogen and oxygen atoms in total. The van der Waals surface area contributed by atoms with Crippen molar-refractivity contribution in [2.45, 2.75) is 103 Å². The van der Waals surface area contributed by atoms with Gasteiger partial charge in [-0.25, -0.2) is 0 Å². The fraction of sp³-hybridized carbons (Fsp3) is 1.00. The van der Waals surface area contributed by atoms with Gasteiger partial charge >= 0.3 is 0 Å². The maximum Gasteiger partial charge on any atom is 0.00553 e. The number of nitrogens with one attached hydrogen (secondary N) is 4. The van der Waals surface area contributed by atoms with Crippen LogP contribution in [0.25, 0.3) is 0 Å². The van der Waals surface area contributed by atoms with Crippen molar-refractivity contribution in [3.8, 4) is 0 Å². The molecule has 4 N–H and O–H groups in total. The molecule has 0 amide bonds. The Morgan fingerprint density at radius 2 is 0.500 bits per heavy atom. The molecular formula is C32H72N4S4. The van der Waals surface area contributed by atoms with Crippen LogP contribution in [0.1, 0.15) is 103 Å². The van der Waals surface area contributed by atoms with E-state index in [0.717, 1.165) is 26.2 Å². The van der Waals surface area contributed by atoms with E-state index in [-0.39, 0.29) is 0 Å². The Kier molecular flexibility index (Phi) is 48.4. The molecule has 0 spiro atoms. The van der Waals surface area contributed by atoms with E-state index in [1.54, 1.807) is 0 Å². The maximum absolute atomic E-state index is 3.56. The van der Waals surface area contributed by atoms with Crippen LogP contribution in [0.15, 0.2) is 0 Å². The molecule has 0 aliphatic heterocycles. The first-order valence-electron chi connectivity index (χ1n) is 16.6. The molecule has 8 heteroatoms. The maximum atomic E-state index is 3.56. The van der Waals surface area contributed by atoms with Gasteiger partial charge in [-0.1, -0.05) is 64.2 Å². The van der Waals surface area contributed by atoms with Crippen LogP contribution < -0.4 is 21.3 Å². The van der Waals surface area contributed by atoms with Crippen LogP contribution in [-0.4, -0.2) is 100 Å². The Labute approximate surface area is 270 Å². The fourth-order valence-electron chi connectivity index (χ4n) is 4.29. The quantitative estimate of drug-likeness (QED) is 0.0528. The number of hydrogen-bond donors (Lipinski definition) is 4. The fourth-order valence-corrected chi connectivity index (χ4v) is 5.97. The zero-order chi connectivity index (χ0) is 29.5. The lowest BCUT2D eigenvalue weighted by Gasteiger charge is -2.06. The van der Waals surface area contributed by atoms with E-state index in [0.29, 0.717) is 0 Å². The second kappa shape index (κ2) is 44.7. The lowest BCUT2D eigenvalue weighted by atomic mass is 10.1. The van der Waals surface area contributed by atoms with Crippen LogP contribution in [-0.2, 0) is 0 Å². The molecule has 40 heavy (non-hydrogen) atoms. The molecule has 0 saturated heterocycles. The number of rotatable bonds is 34. The number of unbranched alkanes of at least 4 members (excludes halogenated alkanes) is 12. The highest BCUT2D eigenvalue weighted by molar-refractivity contribution is 7.99. The monoisotopic (exact) mass is 640 g/mol. The van der Waals surface area contributed by atoms with Gasteiger partial charge in [-0.3, -0.25) is 0 Å². The van der Waals surface area contributed by atoms with Crippen LogP contribution >= 0.6 is 47.0 Å². The van der Waals surface area contributed by atoms with Crippen molar-refractivity contribution in [1.82, 2.24) is 21.3 Å². The predicted octanol–water partition coefficient (Wildman–Crippen LogP) is 8.02. The SMILES string of the molecule is CSCCCCCCCCCCCNCCCNCCSC.CSCCCCCCCNCCCNCCSC. The molecule has 0 fully saturated rings. The smallest absolute Gasteiger partial charge is 0.00553 e. The standard InChI is InChI=1S/C18H40N2S2.C14H32N2S2/c1-21-17-11-9-7-5-3-4-6-8-10-13-19-14-12-15-20-16-18-22-2;1-17-13-7-5-3-4-6-9-15-10-8-11-16-12-14-18-2/h19-20H,3-18H2,1-2H3;15-16H,3-14H2,1-2H3. The molecule has 0 heterocycles. The topological polar surface area (TPSA) is 48.1 Å². The summed E-state index contributed by atoms with van der Waals surface area (Å²) in [5.74, 6) is 5.14. The van der Waals surface area contributed by atoms with Crippen molar-refractivity contribution in [1.29, 1.82) is 0 Å². The molecule has 0 aromatic heterocycles. The molecule has 0 aliphatic carbocycles. The normalized spacial score (nSPS) is 11.1. The summed E-state index contributed by atoms with van der Waals surface area (Å²) in [6, 6.07) is 0. The molecule has 0 aliphatic rings. The van der Waals surface area contributed by atoms with Gasteiger partial charge in [0.05, 0.1) is 0 Å². The molecule has 0 unspecified atom stereocenters. The van der Waals surface area contributed by atoms with Gasteiger partial charge in [0.2, 0.25) is 0 Å². The van der Waals surface area contributed by atoms with Gasteiger partial charge in [-0.2, -0.15) is 47.0 Å². The lowest BCUT2D eigenvalue weighted by Crippen LogP contribution is -2.24. The van der Waals surface area contributed by atoms with Crippen molar-refractivity contribution >= 4 is 47.0 Å². The van der Waals surface area contributed by atoms with Gasteiger partial charge < -0.3 is 21.3 Å². The Morgan fingerprint density at radius 3 is 0.825 bits per heavy atom. The molecular weight excluding hydrogens is 569 g/mol. The first-order chi connectivity index (χ1) is 19.8. The molecule has 0 aromatic carbocycles. The van der Waals surface area contributed by atoms with Crippen molar-refractivity contribution in [3.63, 3.8) is 0 Å². The van der Waals surface area contributed by atoms with Gasteiger partial charge in [0.25, 0.3) is 0 Å². The van der Waals surface area contributed by atoms with Crippen LogP contribution in [0.4, 0.5) is 0 Å². The van der Waals surface area contributed by atoms with Crippen LogP contribution in [0.5, 0.6) is 0 Å². The highest BCUT2D eigenvalue weighted by Gasteiger charge is 1.94. The first kappa shape index (κ1) is 43.4. The van der Waals surface area contributed by atoms with E-state index in [9.17, 15) is 0 Å². The van der Waals surface area contributed by atoms with E-state index in [4.69, 9.17) is 0 Å². The summed E-state index contributed by atoms with van der Waals surface area (Å²) in [6.07, 6.45) is 31.1. The summed E-state index contributed by atoms with van der Waals surface area (Å²) in [7, 11) is 0. The molecule has 0 atom stereocenters. The van der Waals surface area contributed by atoms with Crippen LogP contribution in [0, 0.1) is 0 Å². The highest BCUT2D eigenvalue weighted by atomic mass is 32.2. The highest BCUT2D eigenvalue weighted by Crippen LogP contribution is 2.10. The second-order valence-corrected chi connectivity index (χ2v) is 14.6. The van der Waals surface area contributed by atoms with Crippen molar-refractivity contribution in [2.24, 2.45) is 0 Å². The predicted molar refractivity (Wildman–Crippen MR) is 199 cm³/mol.